The molecule has 236 valence electrons. The Morgan fingerprint density at radius 2 is 1.02 bits per heavy atom. The molecule has 2 aromatic heterocycles. The highest BCUT2D eigenvalue weighted by atomic mass is 16.3. The van der Waals surface area contributed by atoms with Gasteiger partial charge in [-0.05, 0) is 75.8 Å². The van der Waals surface area contributed by atoms with Gasteiger partial charge in [0.2, 0.25) is 6.71 Å². The molecule has 1 aliphatic heterocycles. The van der Waals surface area contributed by atoms with E-state index in [2.05, 4.69) is 174 Å². The van der Waals surface area contributed by atoms with Crippen molar-refractivity contribution in [2.75, 3.05) is 0 Å². The van der Waals surface area contributed by atoms with Crippen LogP contribution in [0.1, 0.15) is 0 Å². The van der Waals surface area contributed by atoms with Gasteiger partial charge in [0.05, 0.1) is 11.0 Å². The second kappa shape index (κ2) is 11.0. The highest BCUT2D eigenvalue weighted by Crippen LogP contribution is 2.38. The second-order valence-electron chi connectivity index (χ2n) is 13.7. The first-order valence-electron chi connectivity index (χ1n) is 17.6. The predicted molar refractivity (Wildman–Crippen MR) is 215 cm³/mol. The van der Waals surface area contributed by atoms with Crippen LogP contribution in [-0.4, -0.2) is 11.3 Å². The summed E-state index contributed by atoms with van der Waals surface area (Å²) in [5.74, 6) is 0. The van der Waals surface area contributed by atoms with Gasteiger partial charge < -0.3 is 8.98 Å². The first-order chi connectivity index (χ1) is 25.3. The number of para-hydroxylation sites is 2. The van der Waals surface area contributed by atoms with Crippen LogP contribution in [0, 0.1) is 0 Å². The van der Waals surface area contributed by atoms with Gasteiger partial charge in [-0.25, -0.2) is 0 Å². The molecule has 2 nitrogen and oxygen atoms in total. The summed E-state index contributed by atoms with van der Waals surface area (Å²) in [5.41, 5.74) is 16.9. The summed E-state index contributed by atoms with van der Waals surface area (Å²) < 4.78 is 8.67. The Hall–Kier alpha value is -6.58. The zero-order chi connectivity index (χ0) is 33.5. The van der Waals surface area contributed by atoms with E-state index in [1.807, 2.05) is 12.1 Å². The molecule has 3 heterocycles. The number of hydrogen-bond donors (Lipinski definition) is 0. The van der Waals surface area contributed by atoms with Gasteiger partial charge in [-0.2, -0.15) is 0 Å². The minimum absolute atomic E-state index is 0.208. The van der Waals surface area contributed by atoms with Gasteiger partial charge in [0.15, 0.2) is 0 Å². The maximum absolute atomic E-state index is 6.30. The van der Waals surface area contributed by atoms with E-state index in [1.165, 1.54) is 71.6 Å². The molecule has 0 unspecified atom stereocenters. The lowest BCUT2D eigenvalue weighted by Gasteiger charge is -2.13. The van der Waals surface area contributed by atoms with E-state index in [0.717, 1.165) is 27.6 Å². The van der Waals surface area contributed by atoms with Crippen molar-refractivity contribution in [1.29, 1.82) is 0 Å². The van der Waals surface area contributed by atoms with E-state index >= 15 is 0 Å². The molecule has 0 radical (unpaired) electrons. The number of furan rings is 1. The molecule has 11 rings (SSSR count). The van der Waals surface area contributed by atoms with Crippen molar-refractivity contribution in [1.82, 2.24) is 4.57 Å². The fourth-order valence-electron chi connectivity index (χ4n) is 8.52. The first-order valence-corrected chi connectivity index (χ1v) is 17.6. The van der Waals surface area contributed by atoms with Gasteiger partial charge in [-0.3, -0.25) is 0 Å². The quantitative estimate of drug-likeness (QED) is 0.174. The van der Waals surface area contributed by atoms with E-state index in [1.54, 1.807) is 0 Å². The lowest BCUT2D eigenvalue weighted by molar-refractivity contribution is 0.668. The first kappa shape index (κ1) is 28.3. The highest BCUT2D eigenvalue weighted by Gasteiger charge is 2.33. The van der Waals surface area contributed by atoms with Crippen LogP contribution >= 0.6 is 0 Å². The lowest BCUT2D eigenvalue weighted by Crippen LogP contribution is -2.48. The zero-order valence-electron chi connectivity index (χ0n) is 27.8. The summed E-state index contributed by atoms with van der Waals surface area (Å²) in [5, 5.41) is 4.77. The van der Waals surface area contributed by atoms with Crippen molar-refractivity contribution in [3.63, 3.8) is 0 Å². The van der Waals surface area contributed by atoms with Crippen LogP contribution in [0.15, 0.2) is 186 Å². The van der Waals surface area contributed by atoms with Crippen molar-refractivity contribution >= 4 is 66.8 Å². The predicted octanol–water partition coefficient (Wildman–Crippen LogP) is 10.5. The fraction of sp³-hybridized carbons (Fsp3) is 0. The van der Waals surface area contributed by atoms with E-state index in [9.17, 15) is 0 Å². The molecule has 0 aliphatic carbocycles. The van der Waals surface area contributed by atoms with Crippen molar-refractivity contribution in [3.05, 3.63) is 182 Å². The second-order valence-corrected chi connectivity index (χ2v) is 13.7. The van der Waals surface area contributed by atoms with Crippen LogP contribution in [0.25, 0.3) is 82.8 Å². The Balaban J connectivity index is 1.02. The van der Waals surface area contributed by atoms with E-state index in [-0.39, 0.29) is 6.71 Å². The van der Waals surface area contributed by atoms with Crippen molar-refractivity contribution in [2.45, 2.75) is 0 Å². The Bertz CT molecular complexity index is 2970. The number of aromatic nitrogens is 1. The van der Waals surface area contributed by atoms with E-state index in [0.29, 0.717) is 0 Å². The molecule has 0 spiro atoms. The molecular formula is C48H30BNO. The number of rotatable bonds is 4. The molecule has 0 atom stereocenters. The van der Waals surface area contributed by atoms with Crippen molar-refractivity contribution in [3.8, 4) is 39.1 Å². The van der Waals surface area contributed by atoms with Gasteiger partial charge >= 0.3 is 0 Å². The van der Waals surface area contributed by atoms with Gasteiger partial charge in [-0.1, -0.05) is 150 Å². The van der Waals surface area contributed by atoms with Crippen LogP contribution in [0.2, 0.25) is 0 Å². The number of nitrogens with zero attached hydrogens (tertiary/aromatic N) is 1. The molecule has 0 fully saturated rings. The molecule has 0 saturated carbocycles. The third-order valence-corrected chi connectivity index (χ3v) is 10.9. The van der Waals surface area contributed by atoms with Crippen LogP contribution in [0.4, 0.5) is 0 Å². The smallest absolute Gasteiger partial charge is 0.242 e. The van der Waals surface area contributed by atoms with Crippen molar-refractivity contribution in [2.24, 2.45) is 0 Å². The summed E-state index contributed by atoms with van der Waals surface area (Å²) in [6, 6.07) is 66.3. The summed E-state index contributed by atoms with van der Waals surface area (Å²) in [6.07, 6.45) is 0. The van der Waals surface area contributed by atoms with Gasteiger partial charge in [0, 0.05) is 33.3 Å². The Labute approximate surface area is 295 Å². The molecule has 3 heteroatoms. The SMILES string of the molecule is c1ccc(-c2ccc(B3c4ccccc4-c4cc(-c5ccc6c(c5)c5ccccc5n6-c5ccc6c(c5)oc5ccccc56)ccc43)cc2)cc1. The normalized spacial score (nSPS) is 12.3. The molecule has 51 heavy (non-hydrogen) atoms. The van der Waals surface area contributed by atoms with E-state index < -0.39 is 0 Å². The Morgan fingerprint density at radius 3 is 1.92 bits per heavy atom. The minimum atomic E-state index is 0.208. The summed E-state index contributed by atoms with van der Waals surface area (Å²) >= 11 is 0. The maximum Gasteiger partial charge on any atom is 0.242 e. The molecule has 1 aliphatic rings. The minimum Gasteiger partial charge on any atom is -0.456 e. The van der Waals surface area contributed by atoms with Crippen molar-refractivity contribution < 1.29 is 4.42 Å². The van der Waals surface area contributed by atoms with Crippen LogP contribution in [-0.2, 0) is 0 Å². The fourth-order valence-corrected chi connectivity index (χ4v) is 8.52. The van der Waals surface area contributed by atoms with Gasteiger partial charge in [0.1, 0.15) is 11.2 Å². The zero-order valence-corrected chi connectivity index (χ0v) is 27.8. The largest absolute Gasteiger partial charge is 0.456 e. The maximum atomic E-state index is 6.30. The third-order valence-electron chi connectivity index (χ3n) is 10.9. The molecular weight excluding hydrogens is 617 g/mol. The number of hydrogen-bond acceptors (Lipinski definition) is 1. The van der Waals surface area contributed by atoms with Crippen LogP contribution in [0.3, 0.4) is 0 Å². The lowest BCUT2D eigenvalue weighted by atomic mass is 9.39. The summed E-state index contributed by atoms with van der Waals surface area (Å²) in [4.78, 5) is 0. The number of fused-ring (bicyclic) bond motifs is 9. The average molecular weight is 648 g/mol. The average Bonchev–Trinajstić information content (AvgIpc) is 3.85. The van der Waals surface area contributed by atoms with Crippen LogP contribution < -0.4 is 16.4 Å². The Kier molecular flexibility index (Phi) is 6.08. The topological polar surface area (TPSA) is 18.1 Å². The number of benzene rings is 8. The molecule has 0 amide bonds. The molecule has 0 saturated heterocycles. The highest BCUT2D eigenvalue weighted by molar-refractivity contribution is 6.99. The van der Waals surface area contributed by atoms with E-state index in [4.69, 9.17) is 4.42 Å². The summed E-state index contributed by atoms with van der Waals surface area (Å²) in [6.45, 7) is 0.208. The molecule has 0 bridgehead atoms. The Morgan fingerprint density at radius 1 is 0.373 bits per heavy atom. The molecule has 10 aromatic rings. The standard InChI is InChI=1S/C48H30BNO/c1-2-10-31(11-3-1)32-18-22-35(23-19-32)49-43-15-7-4-12-37(43)41-28-33(20-26-44(41)49)34-21-27-46-42(29-34)38-13-5-8-16-45(38)50(46)36-24-25-40-39-14-6-9-17-47(39)51-48(40)30-36/h1-30H. The monoisotopic (exact) mass is 647 g/mol. The van der Waals surface area contributed by atoms with Gasteiger partial charge in [-0.15, -0.1) is 0 Å². The van der Waals surface area contributed by atoms with Gasteiger partial charge in [0.25, 0.3) is 0 Å². The van der Waals surface area contributed by atoms with Crippen LogP contribution in [0.5, 0.6) is 0 Å². The third kappa shape index (κ3) is 4.31. The molecule has 8 aromatic carbocycles. The summed E-state index contributed by atoms with van der Waals surface area (Å²) in [7, 11) is 0. The molecule has 0 N–H and O–H groups in total.